The molecule has 0 heterocycles. The quantitative estimate of drug-likeness (QED) is 0.689. The van der Waals surface area contributed by atoms with Crippen LogP contribution in [-0.4, -0.2) is 5.88 Å². The molecular weight excluding hydrogens is 270 g/mol. The van der Waals surface area contributed by atoms with Crippen LogP contribution in [0.5, 0.6) is 0 Å². The van der Waals surface area contributed by atoms with E-state index in [2.05, 4.69) is 0 Å². The Balaban J connectivity index is 2.14. The van der Waals surface area contributed by atoms with Gasteiger partial charge in [-0.15, -0.1) is 11.6 Å². The molecule has 94 valence electrons. The summed E-state index contributed by atoms with van der Waals surface area (Å²) in [7, 11) is 0. The van der Waals surface area contributed by atoms with Gasteiger partial charge in [-0.2, -0.15) is 0 Å². The minimum Gasteiger partial charge on any atom is -0.207 e. The molecule has 2 rings (SSSR count). The fourth-order valence-electron chi connectivity index (χ4n) is 1.90. The van der Waals surface area contributed by atoms with Gasteiger partial charge in [-0.1, -0.05) is 35.9 Å². The predicted octanol–water partition coefficient (Wildman–Crippen LogP) is 5.04. The lowest BCUT2D eigenvalue weighted by molar-refractivity contribution is 0.626. The zero-order valence-corrected chi connectivity index (χ0v) is 11.3. The van der Waals surface area contributed by atoms with Gasteiger partial charge in [-0.05, 0) is 41.8 Å². The smallest absolute Gasteiger partial charge is 0.123 e. The Morgan fingerprint density at radius 1 is 0.944 bits per heavy atom. The van der Waals surface area contributed by atoms with Crippen LogP contribution in [0.3, 0.4) is 0 Å². The van der Waals surface area contributed by atoms with E-state index >= 15 is 0 Å². The van der Waals surface area contributed by atoms with E-state index in [0.29, 0.717) is 10.9 Å². The van der Waals surface area contributed by atoms with Crippen LogP contribution in [0.4, 0.5) is 4.39 Å². The molecule has 0 aliphatic heterocycles. The summed E-state index contributed by atoms with van der Waals surface area (Å²) < 4.78 is 12.8. The van der Waals surface area contributed by atoms with Crippen molar-refractivity contribution in [2.45, 2.75) is 12.3 Å². The molecule has 2 aromatic rings. The van der Waals surface area contributed by atoms with E-state index in [-0.39, 0.29) is 11.7 Å². The zero-order chi connectivity index (χ0) is 13.0. The first kappa shape index (κ1) is 13.4. The number of rotatable bonds is 4. The van der Waals surface area contributed by atoms with Gasteiger partial charge in [-0.25, -0.2) is 4.39 Å². The highest BCUT2D eigenvalue weighted by Crippen LogP contribution is 2.24. The third-order valence-electron chi connectivity index (χ3n) is 2.92. The minimum atomic E-state index is -0.215. The SMILES string of the molecule is Fc1ccc(CC(CCl)c2ccc(Cl)cc2)cc1. The molecule has 1 unspecified atom stereocenters. The van der Waals surface area contributed by atoms with Crippen LogP contribution in [0.25, 0.3) is 0 Å². The van der Waals surface area contributed by atoms with Gasteiger partial charge >= 0.3 is 0 Å². The summed E-state index contributed by atoms with van der Waals surface area (Å²) in [6.07, 6.45) is 0.797. The monoisotopic (exact) mass is 282 g/mol. The van der Waals surface area contributed by atoms with Crippen molar-refractivity contribution in [1.82, 2.24) is 0 Å². The molecule has 0 saturated carbocycles. The summed E-state index contributed by atoms with van der Waals surface area (Å²) in [6, 6.07) is 14.2. The molecule has 0 aliphatic rings. The first-order chi connectivity index (χ1) is 8.69. The molecule has 0 N–H and O–H groups in total. The maximum atomic E-state index is 12.8. The first-order valence-corrected chi connectivity index (χ1v) is 6.66. The lowest BCUT2D eigenvalue weighted by atomic mass is 9.94. The van der Waals surface area contributed by atoms with Crippen molar-refractivity contribution in [3.63, 3.8) is 0 Å². The van der Waals surface area contributed by atoms with Crippen molar-refractivity contribution < 1.29 is 4.39 Å². The van der Waals surface area contributed by atoms with Crippen LogP contribution in [-0.2, 0) is 6.42 Å². The first-order valence-electron chi connectivity index (χ1n) is 5.75. The lowest BCUT2D eigenvalue weighted by Gasteiger charge is -2.14. The molecule has 0 fully saturated rings. The van der Waals surface area contributed by atoms with Crippen molar-refractivity contribution in [3.8, 4) is 0 Å². The van der Waals surface area contributed by atoms with Gasteiger partial charge < -0.3 is 0 Å². The predicted molar refractivity (Wildman–Crippen MR) is 75.0 cm³/mol. The van der Waals surface area contributed by atoms with E-state index in [0.717, 1.165) is 17.5 Å². The highest BCUT2D eigenvalue weighted by molar-refractivity contribution is 6.30. The van der Waals surface area contributed by atoms with Gasteiger partial charge in [0.15, 0.2) is 0 Å². The second-order valence-corrected chi connectivity index (χ2v) is 4.98. The van der Waals surface area contributed by atoms with E-state index in [4.69, 9.17) is 23.2 Å². The number of halogens is 3. The van der Waals surface area contributed by atoms with Gasteiger partial charge in [0.25, 0.3) is 0 Å². The normalized spacial score (nSPS) is 12.4. The van der Waals surface area contributed by atoms with Crippen LogP contribution >= 0.6 is 23.2 Å². The highest BCUT2D eigenvalue weighted by Gasteiger charge is 2.11. The average Bonchev–Trinajstić information content (AvgIpc) is 2.39. The molecule has 0 saturated heterocycles. The molecule has 18 heavy (non-hydrogen) atoms. The van der Waals surface area contributed by atoms with E-state index in [1.54, 1.807) is 12.1 Å². The molecule has 0 nitrogen and oxygen atoms in total. The fourth-order valence-corrected chi connectivity index (χ4v) is 2.31. The topological polar surface area (TPSA) is 0 Å². The molecule has 0 bridgehead atoms. The minimum absolute atomic E-state index is 0.215. The molecule has 0 radical (unpaired) electrons. The van der Waals surface area contributed by atoms with Crippen molar-refractivity contribution in [1.29, 1.82) is 0 Å². The van der Waals surface area contributed by atoms with Crippen LogP contribution in [0.1, 0.15) is 17.0 Å². The largest absolute Gasteiger partial charge is 0.207 e. The summed E-state index contributed by atoms with van der Waals surface area (Å²) >= 11 is 11.9. The summed E-state index contributed by atoms with van der Waals surface area (Å²) in [4.78, 5) is 0. The lowest BCUT2D eigenvalue weighted by Crippen LogP contribution is -2.04. The molecule has 0 amide bonds. The molecule has 0 aromatic heterocycles. The molecular formula is C15H13Cl2F. The van der Waals surface area contributed by atoms with Crippen molar-refractivity contribution in [3.05, 3.63) is 70.5 Å². The van der Waals surface area contributed by atoms with Gasteiger partial charge in [0.05, 0.1) is 0 Å². The van der Waals surface area contributed by atoms with E-state index in [1.807, 2.05) is 24.3 Å². The number of hydrogen-bond acceptors (Lipinski definition) is 0. The van der Waals surface area contributed by atoms with E-state index < -0.39 is 0 Å². The molecule has 0 spiro atoms. The third-order valence-corrected chi connectivity index (χ3v) is 3.55. The second-order valence-electron chi connectivity index (χ2n) is 4.23. The van der Waals surface area contributed by atoms with Crippen LogP contribution in [0, 0.1) is 5.82 Å². The molecule has 2 aromatic carbocycles. The highest BCUT2D eigenvalue weighted by atomic mass is 35.5. The zero-order valence-electron chi connectivity index (χ0n) is 9.74. The van der Waals surface area contributed by atoms with E-state index in [1.165, 1.54) is 12.1 Å². The average molecular weight is 283 g/mol. The second kappa shape index (κ2) is 6.21. The van der Waals surface area contributed by atoms with Crippen molar-refractivity contribution >= 4 is 23.2 Å². The van der Waals surface area contributed by atoms with Gasteiger partial charge in [0, 0.05) is 16.8 Å². The van der Waals surface area contributed by atoms with Crippen LogP contribution in [0.15, 0.2) is 48.5 Å². The summed E-state index contributed by atoms with van der Waals surface area (Å²) in [6.45, 7) is 0. The Labute approximate surface area is 116 Å². The van der Waals surface area contributed by atoms with Crippen LogP contribution in [0.2, 0.25) is 5.02 Å². The maximum absolute atomic E-state index is 12.8. The number of benzene rings is 2. The third kappa shape index (κ3) is 3.47. The van der Waals surface area contributed by atoms with Crippen LogP contribution < -0.4 is 0 Å². The molecule has 1 atom stereocenters. The fraction of sp³-hybridized carbons (Fsp3) is 0.200. The Kier molecular flexibility index (Phi) is 4.62. The Morgan fingerprint density at radius 3 is 2.11 bits per heavy atom. The van der Waals surface area contributed by atoms with Gasteiger partial charge in [0.1, 0.15) is 5.82 Å². The van der Waals surface area contributed by atoms with Gasteiger partial charge in [-0.3, -0.25) is 0 Å². The summed E-state index contributed by atoms with van der Waals surface area (Å²) in [5.74, 6) is 0.529. The molecule has 0 aliphatic carbocycles. The summed E-state index contributed by atoms with van der Waals surface area (Å²) in [5, 5.41) is 0.717. The van der Waals surface area contributed by atoms with E-state index in [9.17, 15) is 4.39 Å². The summed E-state index contributed by atoms with van der Waals surface area (Å²) in [5.41, 5.74) is 2.23. The Hall–Kier alpha value is -1.05. The van der Waals surface area contributed by atoms with Crippen molar-refractivity contribution in [2.24, 2.45) is 0 Å². The standard InChI is InChI=1S/C15H13Cl2F/c16-10-13(12-3-5-14(17)6-4-12)9-11-1-7-15(18)8-2-11/h1-8,13H,9-10H2. The van der Waals surface area contributed by atoms with Gasteiger partial charge in [0.2, 0.25) is 0 Å². The van der Waals surface area contributed by atoms with Crippen molar-refractivity contribution in [2.75, 3.05) is 5.88 Å². The molecule has 3 heteroatoms. The number of alkyl halides is 1. The Bertz CT molecular complexity index is 491. The maximum Gasteiger partial charge on any atom is 0.123 e. The Morgan fingerprint density at radius 2 is 1.56 bits per heavy atom. The number of hydrogen-bond donors (Lipinski definition) is 0.